The molecule has 0 atom stereocenters. The number of aromatic nitrogens is 2. The second-order valence-electron chi connectivity index (χ2n) is 7.04. The highest BCUT2D eigenvalue weighted by molar-refractivity contribution is 6.04. The lowest BCUT2D eigenvalue weighted by molar-refractivity contribution is -0.128. The molecule has 0 radical (unpaired) electrons. The Hall–Kier alpha value is -3.15. The number of aryl methyl sites for hydroxylation is 1. The lowest BCUT2D eigenvalue weighted by Gasteiger charge is -2.16. The molecule has 4 rings (SSSR count). The van der Waals surface area contributed by atoms with Crippen LogP contribution in [0.4, 0.5) is 0 Å². The van der Waals surface area contributed by atoms with E-state index in [-0.39, 0.29) is 11.8 Å². The zero-order valence-corrected chi connectivity index (χ0v) is 15.3. The summed E-state index contributed by atoms with van der Waals surface area (Å²) in [6.45, 7) is 3.86. The van der Waals surface area contributed by atoms with Crippen LogP contribution in [0.3, 0.4) is 0 Å². The van der Waals surface area contributed by atoms with Crippen LogP contribution >= 0.6 is 0 Å². The van der Waals surface area contributed by atoms with Gasteiger partial charge in [-0.3, -0.25) is 14.7 Å². The highest BCUT2D eigenvalue weighted by Crippen LogP contribution is 2.18. The Kier molecular flexibility index (Phi) is 4.62. The summed E-state index contributed by atoms with van der Waals surface area (Å²) < 4.78 is 0. The van der Waals surface area contributed by atoms with E-state index >= 15 is 0 Å². The molecule has 1 aliphatic heterocycles. The third-order valence-electron chi connectivity index (χ3n) is 4.92. The molecule has 0 saturated carbocycles. The van der Waals surface area contributed by atoms with Gasteiger partial charge in [0.2, 0.25) is 5.91 Å². The summed E-state index contributed by atoms with van der Waals surface area (Å²) in [6.07, 6.45) is 1.58. The minimum Gasteiger partial charge on any atom is -0.347 e. The maximum Gasteiger partial charge on any atom is 0.272 e. The van der Waals surface area contributed by atoms with Crippen LogP contribution in [-0.2, 0) is 17.9 Å². The summed E-state index contributed by atoms with van der Waals surface area (Å²) in [7, 11) is 0. The van der Waals surface area contributed by atoms with Gasteiger partial charge in [0.15, 0.2) is 5.69 Å². The van der Waals surface area contributed by atoms with E-state index in [1.54, 1.807) is 0 Å². The molecule has 1 fully saturated rings. The fourth-order valence-corrected chi connectivity index (χ4v) is 3.50. The van der Waals surface area contributed by atoms with Gasteiger partial charge >= 0.3 is 0 Å². The van der Waals surface area contributed by atoms with Gasteiger partial charge in [-0.25, -0.2) is 0 Å². The van der Waals surface area contributed by atoms with Gasteiger partial charge in [0.1, 0.15) is 0 Å². The minimum atomic E-state index is -0.202. The van der Waals surface area contributed by atoms with Crippen molar-refractivity contribution in [2.24, 2.45) is 0 Å². The largest absolute Gasteiger partial charge is 0.347 e. The van der Waals surface area contributed by atoms with Crippen molar-refractivity contribution < 1.29 is 9.59 Å². The van der Waals surface area contributed by atoms with Gasteiger partial charge in [0.25, 0.3) is 5.91 Å². The monoisotopic (exact) mass is 362 g/mol. The first-order valence-electron chi connectivity index (χ1n) is 9.19. The quantitative estimate of drug-likeness (QED) is 0.732. The number of nitrogens with zero attached hydrogens (tertiary/aromatic N) is 2. The van der Waals surface area contributed by atoms with E-state index in [0.29, 0.717) is 25.2 Å². The zero-order valence-electron chi connectivity index (χ0n) is 15.3. The van der Waals surface area contributed by atoms with E-state index in [2.05, 4.69) is 15.5 Å². The van der Waals surface area contributed by atoms with Crippen LogP contribution in [0, 0.1) is 6.92 Å². The van der Waals surface area contributed by atoms with E-state index < -0.39 is 0 Å². The normalized spacial score (nSPS) is 14.1. The molecule has 6 nitrogen and oxygen atoms in total. The van der Waals surface area contributed by atoms with Crippen LogP contribution in [0.1, 0.15) is 40.0 Å². The van der Waals surface area contributed by atoms with Crippen molar-refractivity contribution in [2.45, 2.75) is 32.9 Å². The third-order valence-corrected chi connectivity index (χ3v) is 4.92. The highest BCUT2D eigenvalue weighted by atomic mass is 16.2. The summed E-state index contributed by atoms with van der Waals surface area (Å²) in [4.78, 5) is 26.2. The smallest absolute Gasteiger partial charge is 0.272 e. The fraction of sp³-hybridized carbons (Fsp3) is 0.286. The molecule has 2 aromatic carbocycles. The molecule has 2 amide bonds. The topological polar surface area (TPSA) is 78.1 Å². The van der Waals surface area contributed by atoms with Crippen molar-refractivity contribution in [1.82, 2.24) is 20.4 Å². The van der Waals surface area contributed by atoms with Gasteiger partial charge in [-0.15, -0.1) is 0 Å². The highest BCUT2D eigenvalue weighted by Gasteiger charge is 2.20. The Balaban J connectivity index is 1.43. The number of fused-ring (bicyclic) bond motifs is 1. The number of carbonyl (C=O) groups excluding carboxylic acids is 2. The number of carbonyl (C=O) groups is 2. The summed E-state index contributed by atoms with van der Waals surface area (Å²) in [6, 6.07) is 13.9. The average molecular weight is 362 g/mol. The van der Waals surface area contributed by atoms with E-state index in [1.165, 1.54) is 0 Å². The molecule has 2 heterocycles. The molecule has 0 aliphatic carbocycles. The molecule has 0 spiro atoms. The third kappa shape index (κ3) is 3.69. The van der Waals surface area contributed by atoms with Gasteiger partial charge in [0.05, 0.1) is 5.52 Å². The lowest BCUT2D eigenvalue weighted by Crippen LogP contribution is -2.25. The Bertz CT molecular complexity index is 1010. The number of H-pyrrole nitrogens is 1. The molecule has 6 heteroatoms. The number of rotatable bonds is 5. The maximum atomic E-state index is 12.6. The number of likely N-dealkylation sites (tertiary alicyclic amines) is 1. The number of benzene rings is 2. The van der Waals surface area contributed by atoms with Crippen LogP contribution in [-0.4, -0.2) is 33.5 Å². The second-order valence-corrected chi connectivity index (χ2v) is 7.04. The van der Waals surface area contributed by atoms with Crippen molar-refractivity contribution in [3.8, 4) is 0 Å². The molecule has 1 aliphatic rings. The van der Waals surface area contributed by atoms with Gasteiger partial charge < -0.3 is 10.2 Å². The standard InChI is InChI=1S/C21H22N4O2/c1-14-7-8-18-17(10-14)20(24-23-18)21(27)22-12-15-4-2-5-16(11-15)13-25-9-3-6-19(25)26/h2,4-5,7-8,10-11H,3,6,9,12-13H2,1H3,(H,22,27)(H,23,24). The van der Waals surface area contributed by atoms with Crippen molar-refractivity contribution >= 4 is 22.7 Å². The summed E-state index contributed by atoms with van der Waals surface area (Å²) in [5.41, 5.74) is 4.43. The molecular weight excluding hydrogens is 340 g/mol. The van der Waals surface area contributed by atoms with Crippen molar-refractivity contribution in [1.29, 1.82) is 0 Å². The number of nitrogens with one attached hydrogen (secondary N) is 2. The van der Waals surface area contributed by atoms with E-state index in [4.69, 9.17) is 0 Å². The SMILES string of the molecule is Cc1ccc2[nH]nc(C(=O)NCc3cccc(CN4CCCC4=O)c3)c2c1. The van der Waals surface area contributed by atoms with Gasteiger partial charge in [-0.1, -0.05) is 35.9 Å². The molecule has 0 unspecified atom stereocenters. The molecule has 27 heavy (non-hydrogen) atoms. The van der Waals surface area contributed by atoms with Crippen LogP contribution < -0.4 is 5.32 Å². The average Bonchev–Trinajstić information content (AvgIpc) is 3.26. The molecule has 1 aromatic heterocycles. The fourth-order valence-electron chi connectivity index (χ4n) is 3.50. The van der Waals surface area contributed by atoms with E-state index in [1.807, 2.05) is 54.3 Å². The van der Waals surface area contributed by atoms with E-state index in [0.717, 1.165) is 40.6 Å². The predicted molar refractivity (Wildman–Crippen MR) is 103 cm³/mol. The number of hydrogen-bond donors (Lipinski definition) is 2. The molecular formula is C21H22N4O2. The molecule has 0 bridgehead atoms. The number of amides is 2. The first-order valence-corrected chi connectivity index (χ1v) is 9.19. The van der Waals surface area contributed by atoms with Gasteiger partial charge in [0, 0.05) is 31.4 Å². The second kappa shape index (κ2) is 7.23. The first kappa shape index (κ1) is 17.3. The summed E-state index contributed by atoms with van der Waals surface area (Å²) in [5, 5.41) is 10.8. The van der Waals surface area contributed by atoms with Crippen molar-refractivity contribution in [3.63, 3.8) is 0 Å². The predicted octanol–water partition coefficient (Wildman–Crippen LogP) is 2.92. The molecule has 2 N–H and O–H groups in total. The van der Waals surface area contributed by atoms with Crippen LogP contribution in [0.2, 0.25) is 0 Å². The Labute approximate surface area is 157 Å². The van der Waals surface area contributed by atoms with Crippen molar-refractivity contribution in [2.75, 3.05) is 6.54 Å². The van der Waals surface area contributed by atoms with Crippen LogP contribution in [0.5, 0.6) is 0 Å². The zero-order chi connectivity index (χ0) is 18.8. The summed E-state index contributed by atoms with van der Waals surface area (Å²) >= 11 is 0. The van der Waals surface area contributed by atoms with Crippen LogP contribution in [0.25, 0.3) is 10.9 Å². The molecule has 1 saturated heterocycles. The minimum absolute atomic E-state index is 0.202. The summed E-state index contributed by atoms with van der Waals surface area (Å²) in [5.74, 6) is 0.0152. The maximum absolute atomic E-state index is 12.6. The first-order chi connectivity index (χ1) is 13.1. The van der Waals surface area contributed by atoms with Crippen LogP contribution in [0.15, 0.2) is 42.5 Å². The number of aromatic amines is 1. The molecule has 138 valence electrons. The van der Waals surface area contributed by atoms with Gasteiger partial charge in [-0.05, 0) is 36.6 Å². The lowest BCUT2D eigenvalue weighted by atomic mass is 10.1. The Morgan fingerprint density at radius 3 is 2.89 bits per heavy atom. The molecule has 3 aromatic rings. The van der Waals surface area contributed by atoms with E-state index in [9.17, 15) is 9.59 Å². The Morgan fingerprint density at radius 1 is 1.22 bits per heavy atom. The van der Waals surface area contributed by atoms with Gasteiger partial charge in [-0.2, -0.15) is 5.10 Å². The Morgan fingerprint density at radius 2 is 2.07 bits per heavy atom. The number of hydrogen-bond acceptors (Lipinski definition) is 3. The van der Waals surface area contributed by atoms with Crippen molar-refractivity contribution in [3.05, 3.63) is 64.8 Å².